The fraction of sp³-hybridized carbons (Fsp3) is 0.400. The number of nitro benzene ring substituents is 1. The quantitative estimate of drug-likeness (QED) is 0.362. The van der Waals surface area contributed by atoms with E-state index in [4.69, 9.17) is 22.1 Å². The highest BCUT2D eigenvalue weighted by Crippen LogP contribution is 2.24. The molecule has 0 aromatic heterocycles. The van der Waals surface area contributed by atoms with Gasteiger partial charge in [-0.2, -0.15) is 0 Å². The molecule has 1 amide bonds. The molecule has 9 heteroatoms. The number of nitrogens with zero attached hydrogens (tertiary/aromatic N) is 2. The normalized spacial score (nSPS) is 12.8. The summed E-state index contributed by atoms with van der Waals surface area (Å²) in [6.45, 7) is 5.04. The first-order chi connectivity index (χ1) is 11.0. The third-order valence-electron chi connectivity index (χ3n) is 2.64. The van der Waals surface area contributed by atoms with E-state index in [-0.39, 0.29) is 17.1 Å². The van der Waals surface area contributed by atoms with E-state index in [1.54, 1.807) is 20.8 Å². The molecule has 1 aromatic rings. The SMILES string of the molecule is CC(C)(C)OC(=O)C(CC(N)=O)N=Cc1ccc(Cl)c([N+](=O)[O-])c1. The van der Waals surface area contributed by atoms with Crippen molar-refractivity contribution in [3.8, 4) is 0 Å². The van der Waals surface area contributed by atoms with Crippen LogP contribution in [0, 0.1) is 10.1 Å². The summed E-state index contributed by atoms with van der Waals surface area (Å²) in [5.41, 5.74) is 4.44. The lowest BCUT2D eigenvalue weighted by molar-refractivity contribution is -0.384. The topological polar surface area (TPSA) is 125 Å². The van der Waals surface area contributed by atoms with Crippen molar-refractivity contribution < 1.29 is 19.2 Å². The lowest BCUT2D eigenvalue weighted by Gasteiger charge is -2.21. The zero-order valence-corrected chi connectivity index (χ0v) is 14.2. The summed E-state index contributed by atoms with van der Waals surface area (Å²) in [5.74, 6) is -1.42. The minimum absolute atomic E-state index is 0.0158. The van der Waals surface area contributed by atoms with E-state index in [1.165, 1.54) is 24.4 Å². The number of nitro groups is 1. The zero-order chi connectivity index (χ0) is 18.5. The Bertz CT molecular complexity index is 682. The molecule has 2 N–H and O–H groups in total. The number of primary amides is 1. The minimum Gasteiger partial charge on any atom is -0.458 e. The maximum Gasteiger partial charge on any atom is 0.331 e. The Kier molecular flexibility index (Phi) is 6.42. The Balaban J connectivity index is 3.03. The number of hydrogen-bond donors (Lipinski definition) is 1. The monoisotopic (exact) mass is 355 g/mol. The fourth-order valence-electron chi connectivity index (χ4n) is 1.68. The van der Waals surface area contributed by atoms with Gasteiger partial charge in [0.15, 0.2) is 6.04 Å². The molecule has 1 unspecified atom stereocenters. The Hall–Kier alpha value is -2.48. The predicted octanol–water partition coefficient (Wildman–Crippen LogP) is 2.25. The summed E-state index contributed by atoms with van der Waals surface area (Å²) in [4.78, 5) is 37.4. The van der Waals surface area contributed by atoms with E-state index in [1.807, 2.05) is 0 Å². The number of carbonyl (C=O) groups excluding carboxylic acids is 2. The van der Waals surface area contributed by atoms with Crippen molar-refractivity contribution in [2.24, 2.45) is 10.7 Å². The molecule has 0 saturated carbocycles. The summed E-state index contributed by atoms with van der Waals surface area (Å²) < 4.78 is 5.18. The highest BCUT2D eigenvalue weighted by molar-refractivity contribution is 6.32. The first-order valence-electron chi connectivity index (χ1n) is 6.98. The lowest BCUT2D eigenvalue weighted by atomic mass is 10.1. The van der Waals surface area contributed by atoms with Crippen molar-refractivity contribution in [2.45, 2.75) is 38.8 Å². The second-order valence-corrected chi connectivity index (χ2v) is 6.37. The first kappa shape index (κ1) is 19.6. The maximum absolute atomic E-state index is 12.1. The second-order valence-electron chi connectivity index (χ2n) is 5.97. The van der Waals surface area contributed by atoms with Crippen molar-refractivity contribution >= 4 is 35.4 Å². The highest BCUT2D eigenvalue weighted by Gasteiger charge is 2.26. The second kappa shape index (κ2) is 7.87. The van der Waals surface area contributed by atoms with Crippen LogP contribution in [0.3, 0.4) is 0 Å². The van der Waals surface area contributed by atoms with Gasteiger partial charge in [-0.1, -0.05) is 17.7 Å². The third kappa shape index (κ3) is 6.33. The van der Waals surface area contributed by atoms with Crippen molar-refractivity contribution in [3.63, 3.8) is 0 Å². The van der Waals surface area contributed by atoms with Gasteiger partial charge in [-0.25, -0.2) is 4.79 Å². The standard InChI is InChI=1S/C15H18ClN3O5/c1-15(2,3)24-14(21)11(7-13(17)20)18-8-9-4-5-10(16)12(6-9)19(22)23/h4-6,8,11H,7H2,1-3H3,(H2,17,20). The molecule has 0 bridgehead atoms. The minimum atomic E-state index is -1.13. The molecule has 8 nitrogen and oxygen atoms in total. The molecule has 0 aliphatic heterocycles. The number of amides is 1. The number of rotatable bonds is 6. The molecular weight excluding hydrogens is 338 g/mol. The molecule has 0 fully saturated rings. The molecule has 1 atom stereocenters. The molecule has 0 heterocycles. The number of esters is 1. The van der Waals surface area contributed by atoms with Crippen LogP contribution in [0.2, 0.25) is 5.02 Å². The summed E-state index contributed by atoms with van der Waals surface area (Å²) in [6.07, 6.45) is 0.905. The highest BCUT2D eigenvalue weighted by atomic mass is 35.5. The van der Waals surface area contributed by atoms with Gasteiger partial charge in [0.2, 0.25) is 5.91 Å². The number of aliphatic imine (C=N–C) groups is 1. The molecule has 130 valence electrons. The Morgan fingerprint density at radius 3 is 2.58 bits per heavy atom. The van der Waals surface area contributed by atoms with Gasteiger partial charge in [-0.3, -0.25) is 19.9 Å². The smallest absolute Gasteiger partial charge is 0.331 e. The molecule has 0 radical (unpaired) electrons. The van der Waals surface area contributed by atoms with Crippen LogP contribution in [0.25, 0.3) is 0 Å². The van der Waals surface area contributed by atoms with Crippen LogP contribution in [0.5, 0.6) is 0 Å². The summed E-state index contributed by atoms with van der Waals surface area (Å²) >= 11 is 5.72. The van der Waals surface area contributed by atoms with Gasteiger partial charge in [0.25, 0.3) is 5.69 Å². The molecule has 1 rings (SSSR count). The molecule has 0 aliphatic carbocycles. The van der Waals surface area contributed by atoms with Gasteiger partial charge in [-0.15, -0.1) is 0 Å². The Morgan fingerprint density at radius 2 is 2.08 bits per heavy atom. The van der Waals surface area contributed by atoms with E-state index < -0.39 is 28.4 Å². The first-order valence-corrected chi connectivity index (χ1v) is 7.35. The van der Waals surface area contributed by atoms with E-state index >= 15 is 0 Å². The van der Waals surface area contributed by atoms with E-state index in [0.29, 0.717) is 5.56 Å². The third-order valence-corrected chi connectivity index (χ3v) is 2.96. The van der Waals surface area contributed by atoms with Gasteiger partial charge in [0.05, 0.1) is 11.3 Å². The van der Waals surface area contributed by atoms with Gasteiger partial charge in [-0.05, 0) is 32.4 Å². The van der Waals surface area contributed by atoms with Crippen LogP contribution in [-0.4, -0.2) is 34.7 Å². The van der Waals surface area contributed by atoms with Crippen LogP contribution < -0.4 is 5.73 Å². The lowest BCUT2D eigenvalue weighted by Crippen LogP contribution is -2.33. The number of ether oxygens (including phenoxy) is 1. The number of nitrogens with two attached hydrogens (primary N) is 1. The zero-order valence-electron chi connectivity index (χ0n) is 13.5. The number of hydrogen-bond acceptors (Lipinski definition) is 6. The van der Waals surface area contributed by atoms with Gasteiger partial charge >= 0.3 is 5.97 Å². The van der Waals surface area contributed by atoms with Crippen molar-refractivity contribution in [1.82, 2.24) is 0 Å². The molecule has 0 saturated heterocycles. The maximum atomic E-state index is 12.1. The van der Waals surface area contributed by atoms with Crippen LogP contribution >= 0.6 is 11.6 Å². The molecular formula is C15H18ClN3O5. The van der Waals surface area contributed by atoms with Crippen molar-refractivity contribution in [1.29, 1.82) is 0 Å². The molecule has 0 spiro atoms. The summed E-state index contributed by atoms with van der Waals surface area (Å²) in [6, 6.07) is 2.92. The van der Waals surface area contributed by atoms with Gasteiger partial charge < -0.3 is 10.5 Å². The van der Waals surface area contributed by atoms with Crippen LogP contribution in [0.4, 0.5) is 5.69 Å². The summed E-state index contributed by atoms with van der Waals surface area (Å²) in [5, 5.41) is 10.8. The average molecular weight is 356 g/mol. The van der Waals surface area contributed by atoms with E-state index in [2.05, 4.69) is 4.99 Å². The van der Waals surface area contributed by atoms with Gasteiger partial charge in [0, 0.05) is 12.3 Å². The van der Waals surface area contributed by atoms with E-state index in [9.17, 15) is 19.7 Å². The number of benzene rings is 1. The van der Waals surface area contributed by atoms with Crippen LogP contribution in [-0.2, 0) is 14.3 Å². The molecule has 24 heavy (non-hydrogen) atoms. The molecule has 1 aromatic carbocycles. The van der Waals surface area contributed by atoms with E-state index in [0.717, 1.165) is 0 Å². The Morgan fingerprint density at radius 1 is 1.46 bits per heavy atom. The van der Waals surface area contributed by atoms with Crippen molar-refractivity contribution in [2.75, 3.05) is 0 Å². The average Bonchev–Trinajstić information content (AvgIpc) is 2.42. The largest absolute Gasteiger partial charge is 0.458 e. The van der Waals surface area contributed by atoms with Crippen LogP contribution in [0.1, 0.15) is 32.8 Å². The van der Waals surface area contributed by atoms with Gasteiger partial charge in [0.1, 0.15) is 10.6 Å². The Labute approximate surface area is 143 Å². The van der Waals surface area contributed by atoms with Crippen molar-refractivity contribution in [3.05, 3.63) is 38.9 Å². The summed E-state index contributed by atoms with van der Waals surface area (Å²) in [7, 11) is 0. The van der Waals surface area contributed by atoms with Crippen LogP contribution in [0.15, 0.2) is 23.2 Å². The number of halogens is 1. The fourth-order valence-corrected chi connectivity index (χ4v) is 1.87. The predicted molar refractivity (Wildman–Crippen MR) is 89.1 cm³/mol. The molecule has 0 aliphatic rings. The number of carbonyl (C=O) groups is 2.